The Labute approximate surface area is 193 Å². The van der Waals surface area contributed by atoms with Crippen LogP contribution in [0.25, 0.3) is 16.6 Å². The normalized spacial score (nSPS) is 18.7. The molecule has 2 N–H and O–H groups in total. The third-order valence-corrected chi connectivity index (χ3v) is 6.42. The molecule has 0 bridgehead atoms. The maximum Gasteiger partial charge on any atom is 0.253 e. The van der Waals surface area contributed by atoms with Crippen LogP contribution in [0.1, 0.15) is 53.6 Å². The Morgan fingerprint density at radius 3 is 2.67 bits per heavy atom. The number of aliphatic hydroxyl groups is 1. The summed E-state index contributed by atoms with van der Waals surface area (Å²) in [7, 11) is 0. The summed E-state index contributed by atoms with van der Waals surface area (Å²) in [6, 6.07) is 17.9. The quantitative estimate of drug-likeness (QED) is 0.450. The zero-order valence-electron chi connectivity index (χ0n) is 18.5. The molecule has 168 valence electrons. The number of aromatic nitrogens is 3. The Hall–Kier alpha value is -3.51. The van der Waals surface area contributed by atoms with Crippen LogP contribution in [0, 0.1) is 0 Å². The maximum atomic E-state index is 13.3. The van der Waals surface area contributed by atoms with Gasteiger partial charge in [0.15, 0.2) is 0 Å². The lowest BCUT2D eigenvalue weighted by atomic mass is 9.98. The van der Waals surface area contributed by atoms with Gasteiger partial charge in [0.05, 0.1) is 28.9 Å². The molecule has 6 heteroatoms. The summed E-state index contributed by atoms with van der Waals surface area (Å²) in [5.41, 5.74) is 4.46. The van der Waals surface area contributed by atoms with Crippen molar-refractivity contribution in [3.63, 3.8) is 0 Å². The SMILES string of the molecule is O=C(N[C@H]1CCCCC[C@@H]1O)c1cc(Cc2ccc(-n3cccn3)cc2)cc2cccnc12. The Bertz CT molecular complexity index is 1230. The van der Waals surface area contributed by atoms with Gasteiger partial charge in [0.2, 0.25) is 0 Å². The Balaban J connectivity index is 1.41. The number of amides is 1. The Morgan fingerprint density at radius 1 is 1.00 bits per heavy atom. The highest BCUT2D eigenvalue weighted by atomic mass is 16.3. The van der Waals surface area contributed by atoms with Crippen molar-refractivity contribution in [1.82, 2.24) is 20.1 Å². The Morgan fingerprint density at radius 2 is 1.85 bits per heavy atom. The first-order valence-corrected chi connectivity index (χ1v) is 11.6. The van der Waals surface area contributed by atoms with E-state index in [0.29, 0.717) is 17.5 Å². The van der Waals surface area contributed by atoms with E-state index in [9.17, 15) is 9.90 Å². The van der Waals surface area contributed by atoms with Crippen molar-refractivity contribution in [3.8, 4) is 5.69 Å². The highest BCUT2D eigenvalue weighted by Gasteiger charge is 2.24. The van der Waals surface area contributed by atoms with Crippen LogP contribution in [0.3, 0.4) is 0 Å². The maximum absolute atomic E-state index is 13.3. The van der Waals surface area contributed by atoms with Gasteiger partial charge in [-0.2, -0.15) is 5.10 Å². The fourth-order valence-electron chi connectivity index (χ4n) is 4.66. The van der Waals surface area contributed by atoms with Gasteiger partial charge >= 0.3 is 0 Å². The number of hydrogen-bond donors (Lipinski definition) is 2. The number of nitrogens with one attached hydrogen (secondary N) is 1. The van der Waals surface area contributed by atoms with Crippen LogP contribution < -0.4 is 5.32 Å². The van der Waals surface area contributed by atoms with Crippen molar-refractivity contribution in [1.29, 1.82) is 0 Å². The molecular weight excluding hydrogens is 412 g/mol. The van der Waals surface area contributed by atoms with E-state index in [4.69, 9.17) is 0 Å². The predicted molar refractivity (Wildman–Crippen MR) is 128 cm³/mol. The lowest BCUT2D eigenvalue weighted by molar-refractivity contribution is 0.0820. The second-order valence-electron chi connectivity index (χ2n) is 8.80. The van der Waals surface area contributed by atoms with E-state index in [2.05, 4.69) is 33.6 Å². The summed E-state index contributed by atoms with van der Waals surface area (Å²) in [5, 5.41) is 18.8. The number of carbonyl (C=O) groups is 1. The molecule has 2 aromatic heterocycles. The first-order valence-electron chi connectivity index (χ1n) is 11.6. The second-order valence-corrected chi connectivity index (χ2v) is 8.80. The molecule has 6 nitrogen and oxygen atoms in total. The molecule has 0 unspecified atom stereocenters. The zero-order chi connectivity index (χ0) is 22.6. The monoisotopic (exact) mass is 440 g/mol. The summed E-state index contributed by atoms with van der Waals surface area (Å²) >= 11 is 0. The van der Waals surface area contributed by atoms with E-state index < -0.39 is 6.10 Å². The molecule has 0 spiro atoms. The summed E-state index contributed by atoms with van der Waals surface area (Å²) in [6.07, 6.45) is 10.3. The number of nitrogens with zero attached hydrogens (tertiary/aromatic N) is 3. The van der Waals surface area contributed by atoms with E-state index >= 15 is 0 Å². The molecule has 2 atom stereocenters. The van der Waals surface area contributed by atoms with Gasteiger partial charge in [-0.3, -0.25) is 9.78 Å². The van der Waals surface area contributed by atoms with Gasteiger partial charge in [-0.1, -0.05) is 37.5 Å². The van der Waals surface area contributed by atoms with Gasteiger partial charge in [0.25, 0.3) is 5.91 Å². The minimum Gasteiger partial charge on any atom is -0.391 e. The van der Waals surface area contributed by atoms with Crippen molar-refractivity contribution in [2.75, 3.05) is 0 Å². The molecule has 33 heavy (non-hydrogen) atoms. The van der Waals surface area contributed by atoms with Crippen molar-refractivity contribution in [2.24, 2.45) is 0 Å². The highest BCUT2D eigenvalue weighted by molar-refractivity contribution is 6.06. The predicted octanol–water partition coefficient (Wildman–Crippen LogP) is 4.43. The molecule has 1 saturated carbocycles. The fourth-order valence-corrected chi connectivity index (χ4v) is 4.66. The third-order valence-electron chi connectivity index (χ3n) is 6.42. The number of carbonyl (C=O) groups excluding carboxylic acids is 1. The van der Waals surface area contributed by atoms with Gasteiger partial charge in [-0.15, -0.1) is 0 Å². The van der Waals surface area contributed by atoms with Crippen LogP contribution >= 0.6 is 0 Å². The second kappa shape index (κ2) is 9.55. The average Bonchev–Trinajstić information content (AvgIpc) is 3.30. The van der Waals surface area contributed by atoms with Crippen molar-refractivity contribution >= 4 is 16.8 Å². The summed E-state index contributed by atoms with van der Waals surface area (Å²) in [5.74, 6) is -0.166. The molecule has 0 radical (unpaired) electrons. The molecule has 4 aromatic rings. The molecule has 2 aromatic carbocycles. The number of fused-ring (bicyclic) bond motifs is 1. The Kier molecular flexibility index (Phi) is 6.17. The lowest BCUT2D eigenvalue weighted by Crippen LogP contribution is -2.42. The summed E-state index contributed by atoms with van der Waals surface area (Å²) in [6.45, 7) is 0. The molecular formula is C27H28N4O2. The molecule has 1 aliphatic rings. The van der Waals surface area contributed by atoms with Gasteiger partial charge < -0.3 is 10.4 Å². The topological polar surface area (TPSA) is 80.0 Å². The standard InChI is InChI=1S/C27H28N4O2/c32-25-8-3-1-2-7-24(25)30-27(33)23-18-20(17-21-6-4-13-28-26(21)23)16-19-9-11-22(12-10-19)31-15-5-14-29-31/h4-6,9-15,17-18,24-25,32H,1-3,7-8,16H2,(H,30,33)/t24-,25-/m0/s1. The number of aliphatic hydroxyl groups excluding tert-OH is 1. The minimum absolute atomic E-state index is 0.166. The van der Waals surface area contributed by atoms with Gasteiger partial charge in [-0.25, -0.2) is 4.68 Å². The number of rotatable bonds is 5. The van der Waals surface area contributed by atoms with Crippen molar-refractivity contribution in [3.05, 3.63) is 89.9 Å². The first kappa shape index (κ1) is 21.3. The van der Waals surface area contributed by atoms with Crippen LogP contribution in [0.5, 0.6) is 0 Å². The largest absolute Gasteiger partial charge is 0.391 e. The van der Waals surface area contributed by atoms with Gasteiger partial charge in [0.1, 0.15) is 0 Å². The number of pyridine rings is 1. The van der Waals surface area contributed by atoms with Crippen LogP contribution in [-0.2, 0) is 6.42 Å². The molecule has 1 fully saturated rings. The first-order chi connectivity index (χ1) is 16.2. The molecule has 5 rings (SSSR count). The van der Waals surface area contributed by atoms with Gasteiger partial charge in [0, 0.05) is 24.0 Å². The minimum atomic E-state index is -0.493. The van der Waals surface area contributed by atoms with E-state index in [1.54, 1.807) is 12.4 Å². The zero-order valence-corrected chi connectivity index (χ0v) is 18.5. The summed E-state index contributed by atoms with van der Waals surface area (Å²) in [4.78, 5) is 17.8. The summed E-state index contributed by atoms with van der Waals surface area (Å²) < 4.78 is 1.83. The number of hydrogen-bond acceptors (Lipinski definition) is 4. The molecule has 0 saturated heterocycles. The van der Waals surface area contributed by atoms with Crippen LogP contribution in [-0.4, -0.2) is 37.9 Å². The van der Waals surface area contributed by atoms with Crippen molar-refractivity contribution < 1.29 is 9.90 Å². The fraction of sp³-hybridized carbons (Fsp3) is 0.296. The lowest BCUT2D eigenvalue weighted by Gasteiger charge is -2.22. The van der Waals surface area contributed by atoms with Crippen molar-refractivity contribution in [2.45, 2.75) is 50.7 Å². The van der Waals surface area contributed by atoms with Crippen LogP contribution in [0.15, 0.2) is 73.2 Å². The molecule has 1 amide bonds. The average molecular weight is 441 g/mol. The van der Waals surface area contributed by atoms with E-state index in [0.717, 1.165) is 54.3 Å². The van der Waals surface area contributed by atoms with E-state index in [-0.39, 0.29) is 11.9 Å². The smallest absolute Gasteiger partial charge is 0.253 e. The van der Waals surface area contributed by atoms with Crippen LogP contribution in [0.4, 0.5) is 0 Å². The third kappa shape index (κ3) is 4.81. The van der Waals surface area contributed by atoms with E-state index in [1.807, 2.05) is 47.3 Å². The number of benzene rings is 2. The molecule has 2 heterocycles. The highest BCUT2D eigenvalue weighted by Crippen LogP contribution is 2.23. The van der Waals surface area contributed by atoms with Gasteiger partial charge in [-0.05, 0) is 66.8 Å². The van der Waals surface area contributed by atoms with Crippen LogP contribution in [0.2, 0.25) is 0 Å². The molecule has 1 aliphatic carbocycles. The van der Waals surface area contributed by atoms with E-state index in [1.165, 1.54) is 0 Å². The molecule has 0 aliphatic heterocycles.